The van der Waals surface area contributed by atoms with Crippen LogP contribution >= 0.6 is 11.3 Å². The fourth-order valence-electron chi connectivity index (χ4n) is 3.26. The fraction of sp³-hybridized carbons (Fsp3) is 0.200. The second kappa shape index (κ2) is 7.40. The maximum atomic E-state index is 12.8. The number of para-hydroxylation sites is 1. The predicted molar refractivity (Wildman–Crippen MR) is 105 cm³/mol. The highest BCUT2D eigenvalue weighted by Crippen LogP contribution is 2.39. The Labute approximate surface area is 164 Å². The number of carbonyl (C=O) groups excluding carboxylic acids is 2. The van der Waals surface area contributed by atoms with Crippen LogP contribution in [0.25, 0.3) is 5.69 Å². The summed E-state index contributed by atoms with van der Waals surface area (Å²) in [6, 6.07) is 10.5. The summed E-state index contributed by atoms with van der Waals surface area (Å²) in [6.45, 7) is 0. The molecule has 1 aliphatic rings. The summed E-state index contributed by atoms with van der Waals surface area (Å²) in [4.78, 5) is 38.3. The molecule has 0 unspecified atom stereocenters. The van der Waals surface area contributed by atoms with E-state index in [0.29, 0.717) is 10.6 Å². The van der Waals surface area contributed by atoms with Crippen molar-refractivity contribution < 1.29 is 14.3 Å². The molecule has 0 spiro atoms. The number of benzene rings is 1. The molecular weight excluding hydrogens is 378 g/mol. The van der Waals surface area contributed by atoms with Gasteiger partial charge in [0.2, 0.25) is 5.43 Å². The topological polar surface area (TPSA) is 90.3 Å². The summed E-state index contributed by atoms with van der Waals surface area (Å²) < 4.78 is 6.35. The summed E-state index contributed by atoms with van der Waals surface area (Å²) in [5.74, 6) is -1.14. The lowest BCUT2D eigenvalue weighted by Crippen LogP contribution is -2.25. The predicted octanol–water partition coefficient (Wildman–Crippen LogP) is 2.82. The first-order valence-electron chi connectivity index (χ1n) is 8.78. The molecule has 0 radical (unpaired) electrons. The lowest BCUT2D eigenvalue weighted by Gasteiger charge is -2.08. The maximum Gasteiger partial charge on any atom is 0.341 e. The highest BCUT2D eigenvalue weighted by molar-refractivity contribution is 7.17. The van der Waals surface area contributed by atoms with Crippen molar-refractivity contribution in [3.63, 3.8) is 0 Å². The normalized spacial score (nSPS) is 12.5. The SMILES string of the molecule is COC(=O)c1c(NC(=O)c2nn(-c3ccccc3)ccc2=O)sc2c1CCC2. The third-order valence-corrected chi connectivity index (χ3v) is 5.79. The van der Waals surface area contributed by atoms with Crippen LogP contribution in [0.1, 0.15) is 37.7 Å². The Morgan fingerprint density at radius 1 is 1.18 bits per heavy atom. The Balaban J connectivity index is 1.69. The van der Waals surface area contributed by atoms with Crippen LogP contribution in [0.15, 0.2) is 47.4 Å². The number of rotatable bonds is 4. The molecule has 0 aliphatic heterocycles. The van der Waals surface area contributed by atoms with Crippen LogP contribution < -0.4 is 10.7 Å². The number of methoxy groups -OCH3 is 1. The number of carbonyl (C=O) groups is 2. The molecule has 0 atom stereocenters. The largest absolute Gasteiger partial charge is 0.465 e. The van der Waals surface area contributed by atoms with Crippen molar-refractivity contribution >= 4 is 28.2 Å². The van der Waals surface area contributed by atoms with Gasteiger partial charge in [-0.3, -0.25) is 9.59 Å². The van der Waals surface area contributed by atoms with Gasteiger partial charge in [0.15, 0.2) is 5.69 Å². The van der Waals surface area contributed by atoms with E-state index in [4.69, 9.17) is 4.74 Å². The van der Waals surface area contributed by atoms with Crippen molar-refractivity contribution in [1.29, 1.82) is 0 Å². The molecular formula is C20H17N3O4S. The number of thiophene rings is 1. The average Bonchev–Trinajstić information content (AvgIpc) is 3.29. The Morgan fingerprint density at radius 3 is 2.71 bits per heavy atom. The van der Waals surface area contributed by atoms with Gasteiger partial charge in [-0.2, -0.15) is 5.10 Å². The number of nitrogens with zero attached hydrogens (tertiary/aromatic N) is 2. The van der Waals surface area contributed by atoms with Crippen LogP contribution in [-0.4, -0.2) is 28.8 Å². The van der Waals surface area contributed by atoms with Gasteiger partial charge in [0.1, 0.15) is 5.00 Å². The monoisotopic (exact) mass is 395 g/mol. The number of fused-ring (bicyclic) bond motifs is 1. The van der Waals surface area contributed by atoms with Crippen molar-refractivity contribution in [1.82, 2.24) is 9.78 Å². The van der Waals surface area contributed by atoms with Gasteiger partial charge in [0.25, 0.3) is 5.91 Å². The number of esters is 1. The molecule has 142 valence electrons. The number of hydrogen-bond donors (Lipinski definition) is 1. The zero-order valence-corrected chi connectivity index (χ0v) is 15.9. The van der Waals surface area contributed by atoms with Crippen LogP contribution in [-0.2, 0) is 17.6 Å². The molecule has 0 fully saturated rings. The van der Waals surface area contributed by atoms with E-state index in [1.54, 1.807) is 0 Å². The van der Waals surface area contributed by atoms with E-state index in [1.807, 2.05) is 30.3 Å². The smallest absolute Gasteiger partial charge is 0.341 e. The summed E-state index contributed by atoms with van der Waals surface area (Å²) in [5.41, 5.74) is 1.30. The number of aryl methyl sites for hydroxylation is 1. The van der Waals surface area contributed by atoms with Crippen LogP contribution in [0.2, 0.25) is 0 Å². The van der Waals surface area contributed by atoms with Gasteiger partial charge in [-0.1, -0.05) is 18.2 Å². The quantitative estimate of drug-likeness (QED) is 0.686. The number of ether oxygens (including phenoxy) is 1. The van der Waals surface area contributed by atoms with Gasteiger partial charge in [-0.15, -0.1) is 11.3 Å². The molecule has 1 N–H and O–H groups in total. The molecule has 0 saturated heterocycles. The lowest BCUT2D eigenvalue weighted by atomic mass is 10.1. The van der Waals surface area contributed by atoms with Gasteiger partial charge >= 0.3 is 5.97 Å². The van der Waals surface area contributed by atoms with Gasteiger partial charge in [0.05, 0.1) is 18.4 Å². The van der Waals surface area contributed by atoms with Crippen molar-refractivity contribution in [2.45, 2.75) is 19.3 Å². The first-order valence-corrected chi connectivity index (χ1v) is 9.59. The Bertz CT molecular complexity index is 1120. The number of nitrogens with one attached hydrogen (secondary N) is 1. The minimum absolute atomic E-state index is 0.240. The van der Waals surface area contributed by atoms with Crippen LogP contribution in [0, 0.1) is 0 Å². The maximum absolute atomic E-state index is 12.8. The molecule has 2 aromatic heterocycles. The van der Waals surface area contributed by atoms with Crippen molar-refractivity contribution in [3.8, 4) is 5.69 Å². The van der Waals surface area contributed by atoms with Crippen molar-refractivity contribution in [3.05, 3.63) is 74.5 Å². The summed E-state index contributed by atoms with van der Waals surface area (Å²) in [6.07, 6.45) is 4.12. The highest BCUT2D eigenvalue weighted by atomic mass is 32.1. The van der Waals surface area contributed by atoms with Crippen molar-refractivity contribution in [2.24, 2.45) is 0 Å². The number of hydrogen-bond acceptors (Lipinski definition) is 6. The van der Waals surface area contributed by atoms with E-state index in [-0.39, 0.29) is 5.69 Å². The van der Waals surface area contributed by atoms with Gasteiger partial charge in [-0.05, 0) is 37.0 Å². The fourth-order valence-corrected chi connectivity index (χ4v) is 4.53. The van der Waals surface area contributed by atoms with E-state index in [0.717, 1.165) is 35.4 Å². The molecule has 0 bridgehead atoms. The molecule has 2 heterocycles. The second-order valence-corrected chi connectivity index (χ2v) is 7.42. The molecule has 3 aromatic rings. The third-order valence-electron chi connectivity index (χ3n) is 4.58. The highest BCUT2D eigenvalue weighted by Gasteiger charge is 2.28. The van der Waals surface area contributed by atoms with Crippen LogP contribution in [0.3, 0.4) is 0 Å². The Hall–Kier alpha value is -3.26. The lowest BCUT2D eigenvalue weighted by molar-refractivity contribution is 0.0601. The number of amides is 1. The van der Waals surface area contributed by atoms with Gasteiger partial charge < -0.3 is 10.1 Å². The molecule has 1 amide bonds. The Morgan fingerprint density at radius 2 is 1.96 bits per heavy atom. The van der Waals surface area contributed by atoms with Crippen LogP contribution in [0.5, 0.6) is 0 Å². The third kappa shape index (κ3) is 3.22. The zero-order chi connectivity index (χ0) is 19.7. The Kier molecular flexibility index (Phi) is 4.79. The molecule has 1 aliphatic carbocycles. The summed E-state index contributed by atoms with van der Waals surface area (Å²) >= 11 is 1.35. The molecule has 0 saturated carbocycles. The van der Waals surface area contributed by atoms with E-state index < -0.39 is 17.3 Å². The molecule has 8 heteroatoms. The van der Waals surface area contributed by atoms with Gasteiger partial charge in [0, 0.05) is 17.1 Å². The summed E-state index contributed by atoms with van der Waals surface area (Å²) in [5, 5.41) is 7.27. The number of aromatic nitrogens is 2. The van der Waals surface area contributed by atoms with Crippen molar-refractivity contribution in [2.75, 3.05) is 12.4 Å². The van der Waals surface area contributed by atoms with E-state index in [2.05, 4.69) is 10.4 Å². The molecule has 4 rings (SSSR count). The first-order chi connectivity index (χ1) is 13.6. The van der Waals surface area contributed by atoms with E-state index in [9.17, 15) is 14.4 Å². The standard InChI is InChI=1S/C20H17N3O4S/c1-27-20(26)16-13-8-5-9-15(13)28-19(16)21-18(25)17-14(24)10-11-23(22-17)12-6-3-2-4-7-12/h2-4,6-7,10-11H,5,8-9H2,1H3,(H,21,25). The summed E-state index contributed by atoms with van der Waals surface area (Å²) in [7, 11) is 1.31. The molecule has 28 heavy (non-hydrogen) atoms. The minimum Gasteiger partial charge on any atom is -0.465 e. The van der Waals surface area contributed by atoms with E-state index in [1.165, 1.54) is 35.4 Å². The van der Waals surface area contributed by atoms with Gasteiger partial charge in [-0.25, -0.2) is 9.48 Å². The first kappa shape index (κ1) is 18.1. The average molecular weight is 395 g/mol. The molecule has 7 nitrogen and oxygen atoms in total. The van der Waals surface area contributed by atoms with Crippen LogP contribution in [0.4, 0.5) is 5.00 Å². The minimum atomic E-state index is -0.652. The van der Waals surface area contributed by atoms with E-state index >= 15 is 0 Å². The molecule has 1 aromatic carbocycles. The number of anilines is 1. The second-order valence-electron chi connectivity index (χ2n) is 6.32. The zero-order valence-electron chi connectivity index (χ0n) is 15.1.